The van der Waals surface area contributed by atoms with Crippen LogP contribution in [0.3, 0.4) is 0 Å². The number of nitrogens with zero attached hydrogens (tertiary/aromatic N) is 2. The molecule has 0 unspecified atom stereocenters. The second kappa shape index (κ2) is 10.0. The van der Waals surface area contributed by atoms with E-state index in [1.807, 2.05) is 6.07 Å². The molecule has 0 aliphatic carbocycles. The van der Waals surface area contributed by atoms with Gasteiger partial charge in [0.05, 0.1) is 14.2 Å². The molecular weight excluding hydrogens is 413 g/mol. The van der Waals surface area contributed by atoms with Gasteiger partial charge in [0.15, 0.2) is 15.8 Å². The molecule has 0 fully saturated rings. The molecule has 0 atom stereocenters. The van der Waals surface area contributed by atoms with Gasteiger partial charge in [-0.05, 0) is 35.4 Å². The number of nitrogens with one attached hydrogen (secondary N) is 1. The lowest BCUT2D eigenvalue weighted by molar-refractivity contribution is -0.111. The largest absolute Gasteiger partial charge is 0.493 e. The van der Waals surface area contributed by atoms with Crippen LogP contribution >= 0.6 is 23.1 Å². The number of halogens is 1. The number of rotatable bonds is 8. The van der Waals surface area contributed by atoms with Crippen molar-refractivity contribution in [3.8, 4) is 11.5 Å². The Labute approximate surface area is 175 Å². The highest BCUT2D eigenvalue weighted by Gasteiger charge is 2.09. The van der Waals surface area contributed by atoms with Crippen LogP contribution in [0, 0.1) is 5.82 Å². The summed E-state index contributed by atoms with van der Waals surface area (Å²) in [6, 6.07) is 11.9. The number of ether oxygens (including phenoxy) is 2. The third-order valence-electron chi connectivity index (χ3n) is 3.78. The molecule has 0 aliphatic rings. The topological polar surface area (TPSA) is 73.3 Å². The summed E-state index contributed by atoms with van der Waals surface area (Å²) in [7, 11) is 3.11. The van der Waals surface area contributed by atoms with E-state index in [1.165, 1.54) is 35.2 Å². The van der Waals surface area contributed by atoms with Gasteiger partial charge in [-0.15, -0.1) is 10.2 Å². The Bertz CT molecular complexity index is 1020. The smallest absolute Gasteiger partial charge is 0.250 e. The number of methoxy groups -OCH3 is 2. The molecule has 2 aromatic carbocycles. The zero-order valence-electron chi connectivity index (χ0n) is 15.7. The summed E-state index contributed by atoms with van der Waals surface area (Å²) < 4.78 is 24.7. The number of carbonyl (C=O) groups excluding carboxylic acids is 1. The Kier molecular flexibility index (Phi) is 7.20. The fraction of sp³-hybridized carbons (Fsp3) is 0.150. The lowest BCUT2D eigenvalue weighted by atomic mass is 10.2. The van der Waals surface area contributed by atoms with Crippen molar-refractivity contribution in [2.24, 2.45) is 0 Å². The Morgan fingerprint density at radius 2 is 1.97 bits per heavy atom. The van der Waals surface area contributed by atoms with Crippen molar-refractivity contribution >= 4 is 40.2 Å². The van der Waals surface area contributed by atoms with E-state index >= 15 is 0 Å². The molecule has 0 bridgehead atoms. The molecule has 0 saturated carbocycles. The van der Waals surface area contributed by atoms with Crippen molar-refractivity contribution in [3.05, 3.63) is 65.5 Å². The summed E-state index contributed by atoms with van der Waals surface area (Å²) in [4.78, 5) is 12.1. The van der Waals surface area contributed by atoms with Crippen molar-refractivity contribution in [1.82, 2.24) is 10.2 Å². The van der Waals surface area contributed by atoms with Gasteiger partial charge in [0.2, 0.25) is 11.0 Å². The van der Waals surface area contributed by atoms with E-state index in [1.54, 1.807) is 50.6 Å². The number of thioether (sulfide) groups is 1. The highest BCUT2D eigenvalue weighted by atomic mass is 32.2. The van der Waals surface area contributed by atoms with Gasteiger partial charge in [0.25, 0.3) is 0 Å². The lowest BCUT2D eigenvalue weighted by Crippen LogP contribution is -2.07. The molecule has 29 heavy (non-hydrogen) atoms. The summed E-state index contributed by atoms with van der Waals surface area (Å²) in [6.07, 6.45) is 3.06. The molecule has 3 rings (SSSR count). The summed E-state index contributed by atoms with van der Waals surface area (Å²) in [5.74, 6) is 1.05. The maximum Gasteiger partial charge on any atom is 0.250 e. The lowest BCUT2D eigenvalue weighted by Gasteiger charge is -2.07. The molecule has 0 radical (unpaired) electrons. The molecular formula is C20H18FN3O3S2. The van der Waals surface area contributed by atoms with E-state index < -0.39 is 0 Å². The molecule has 1 amide bonds. The molecule has 6 nitrogen and oxygen atoms in total. The van der Waals surface area contributed by atoms with Crippen molar-refractivity contribution in [2.75, 3.05) is 19.5 Å². The summed E-state index contributed by atoms with van der Waals surface area (Å²) in [6.45, 7) is 0. The van der Waals surface area contributed by atoms with Crippen LogP contribution in [0.5, 0.6) is 11.5 Å². The predicted octanol–water partition coefficient (Wildman–Crippen LogP) is 4.64. The Morgan fingerprint density at radius 1 is 1.17 bits per heavy atom. The highest BCUT2D eigenvalue weighted by molar-refractivity contribution is 8.00. The number of benzene rings is 2. The fourth-order valence-corrected chi connectivity index (χ4v) is 4.09. The van der Waals surface area contributed by atoms with Gasteiger partial charge < -0.3 is 9.47 Å². The van der Waals surface area contributed by atoms with E-state index in [-0.39, 0.29) is 11.7 Å². The average Bonchev–Trinajstić information content (AvgIpc) is 3.18. The molecule has 150 valence electrons. The standard InChI is InChI=1S/C20H18FN3O3S2/c1-26-16-9-7-13(11-17(16)27-2)8-10-18(25)22-19-23-24-20(29-19)28-12-14-5-3-4-6-15(14)21/h3-11H,12H2,1-2H3,(H,22,23,25)/b10-8+. The van der Waals surface area contributed by atoms with Gasteiger partial charge in [-0.2, -0.15) is 0 Å². The summed E-state index contributed by atoms with van der Waals surface area (Å²) in [5.41, 5.74) is 1.38. The van der Waals surface area contributed by atoms with Crippen molar-refractivity contribution < 1.29 is 18.7 Å². The van der Waals surface area contributed by atoms with Gasteiger partial charge in [-0.3, -0.25) is 10.1 Å². The van der Waals surface area contributed by atoms with Crippen LogP contribution in [-0.4, -0.2) is 30.3 Å². The van der Waals surface area contributed by atoms with Crippen LogP contribution in [0.25, 0.3) is 6.08 Å². The minimum absolute atomic E-state index is 0.252. The molecule has 1 N–H and O–H groups in total. The Hall–Kier alpha value is -2.91. The number of hydrogen-bond donors (Lipinski definition) is 1. The number of hydrogen-bond acceptors (Lipinski definition) is 7. The van der Waals surface area contributed by atoms with Crippen LogP contribution in [0.4, 0.5) is 9.52 Å². The first kappa shape index (κ1) is 20.8. The van der Waals surface area contributed by atoms with Crippen LogP contribution in [0.2, 0.25) is 0 Å². The van der Waals surface area contributed by atoms with Crippen molar-refractivity contribution in [1.29, 1.82) is 0 Å². The van der Waals surface area contributed by atoms with Crippen LogP contribution in [0.15, 0.2) is 52.9 Å². The first-order chi connectivity index (χ1) is 14.1. The third kappa shape index (κ3) is 5.78. The molecule has 0 saturated heterocycles. The van der Waals surface area contributed by atoms with Gasteiger partial charge in [0.1, 0.15) is 5.82 Å². The van der Waals surface area contributed by atoms with Crippen molar-refractivity contribution in [3.63, 3.8) is 0 Å². The average molecular weight is 432 g/mol. The maximum atomic E-state index is 13.7. The van der Waals surface area contributed by atoms with Gasteiger partial charge in [-0.1, -0.05) is 47.4 Å². The monoisotopic (exact) mass is 431 g/mol. The third-order valence-corrected chi connectivity index (χ3v) is 5.80. The zero-order chi connectivity index (χ0) is 20.6. The molecule has 1 aromatic heterocycles. The second-order valence-electron chi connectivity index (χ2n) is 5.69. The summed E-state index contributed by atoms with van der Waals surface area (Å²) in [5, 5.41) is 11.0. The van der Waals surface area contributed by atoms with E-state index in [0.29, 0.717) is 32.3 Å². The Balaban J connectivity index is 1.56. The Morgan fingerprint density at radius 3 is 2.72 bits per heavy atom. The second-order valence-corrected chi connectivity index (χ2v) is 7.89. The predicted molar refractivity (Wildman–Crippen MR) is 113 cm³/mol. The normalized spacial score (nSPS) is 10.9. The van der Waals surface area contributed by atoms with E-state index in [0.717, 1.165) is 5.56 Å². The zero-order valence-corrected chi connectivity index (χ0v) is 17.3. The molecule has 9 heteroatoms. The maximum absolute atomic E-state index is 13.7. The van der Waals surface area contributed by atoms with E-state index in [9.17, 15) is 9.18 Å². The first-order valence-electron chi connectivity index (χ1n) is 8.50. The quantitative estimate of drug-likeness (QED) is 0.318. The molecule has 0 spiro atoms. The number of carbonyl (C=O) groups is 1. The molecule has 3 aromatic rings. The van der Waals surface area contributed by atoms with Crippen molar-refractivity contribution in [2.45, 2.75) is 10.1 Å². The molecule has 1 heterocycles. The van der Waals surface area contributed by atoms with Gasteiger partial charge in [-0.25, -0.2) is 4.39 Å². The van der Waals surface area contributed by atoms with Crippen LogP contribution in [-0.2, 0) is 10.5 Å². The van der Waals surface area contributed by atoms with Crippen LogP contribution < -0.4 is 14.8 Å². The van der Waals surface area contributed by atoms with E-state index in [2.05, 4.69) is 15.5 Å². The minimum Gasteiger partial charge on any atom is -0.493 e. The summed E-state index contributed by atoms with van der Waals surface area (Å²) >= 11 is 2.60. The number of anilines is 1. The molecule has 0 aliphatic heterocycles. The number of amides is 1. The van der Waals surface area contributed by atoms with Crippen LogP contribution in [0.1, 0.15) is 11.1 Å². The first-order valence-corrected chi connectivity index (χ1v) is 10.3. The fourth-order valence-electron chi connectivity index (χ4n) is 2.35. The van der Waals surface area contributed by atoms with E-state index in [4.69, 9.17) is 9.47 Å². The SMILES string of the molecule is COc1ccc(/C=C/C(=O)Nc2nnc(SCc3ccccc3F)s2)cc1OC. The minimum atomic E-state index is -0.332. The number of aromatic nitrogens is 2. The van der Waals surface area contributed by atoms with Gasteiger partial charge in [0, 0.05) is 11.8 Å². The highest BCUT2D eigenvalue weighted by Crippen LogP contribution is 2.29. The van der Waals surface area contributed by atoms with Gasteiger partial charge >= 0.3 is 0 Å².